The minimum absolute atomic E-state index is 0.0551. The predicted octanol–water partition coefficient (Wildman–Crippen LogP) is 4.44. The summed E-state index contributed by atoms with van der Waals surface area (Å²) >= 11 is 1.55. The van der Waals surface area contributed by atoms with Gasteiger partial charge in [-0.05, 0) is 29.8 Å². The van der Waals surface area contributed by atoms with Crippen LogP contribution in [-0.2, 0) is 16.1 Å². The van der Waals surface area contributed by atoms with Gasteiger partial charge in [0.2, 0.25) is 5.91 Å². The van der Waals surface area contributed by atoms with Crippen LogP contribution in [0.5, 0.6) is 0 Å². The zero-order chi connectivity index (χ0) is 20.6. The van der Waals surface area contributed by atoms with E-state index >= 15 is 0 Å². The number of nitrogens with one attached hydrogen (secondary N) is 1. The highest BCUT2D eigenvalue weighted by atomic mass is 32.1. The van der Waals surface area contributed by atoms with Crippen LogP contribution in [0.3, 0.4) is 0 Å². The monoisotopic (exact) mass is 407 g/mol. The van der Waals surface area contributed by atoms with E-state index in [1.165, 1.54) is 0 Å². The number of hydrogen-bond acceptors (Lipinski definition) is 4. The highest BCUT2D eigenvalue weighted by Gasteiger charge is 2.08. The molecular formula is C22H21N3O3S. The number of carbonyl (C=O) groups is 2. The van der Waals surface area contributed by atoms with Crippen LogP contribution in [0.25, 0.3) is 11.3 Å². The Hall–Kier alpha value is -3.45. The van der Waals surface area contributed by atoms with Crippen molar-refractivity contribution in [1.82, 2.24) is 4.57 Å². The minimum atomic E-state index is -0.993. The number of rotatable bonds is 8. The number of nitrogens with zero attached hydrogens (tertiary/aromatic N) is 2. The third-order valence-corrected chi connectivity index (χ3v) is 4.98. The van der Waals surface area contributed by atoms with Crippen LogP contribution in [0.15, 0.2) is 77.6 Å². The lowest BCUT2D eigenvalue weighted by molar-refractivity contribution is -0.138. The molecule has 6 nitrogen and oxygen atoms in total. The van der Waals surface area contributed by atoms with Crippen molar-refractivity contribution in [2.75, 3.05) is 5.32 Å². The second kappa shape index (κ2) is 9.66. The predicted molar refractivity (Wildman–Crippen MR) is 115 cm³/mol. The second-order valence-electron chi connectivity index (χ2n) is 6.27. The summed E-state index contributed by atoms with van der Waals surface area (Å²) < 4.78 is 2.11. The number of allylic oxidation sites excluding steroid dienone is 1. The fraction of sp³-hybridized carbons (Fsp3) is 0.136. The maximum atomic E-state index is 11.7. The Morgan fingerprint density at radius 1 is 1.10 bits per heavy atom. The molecule has 0 atom stereocenters. The summed E-state index contributed by atoms with van der Waals surface area (Å²) in [6.45, 7) is 4.49. The lowest BCUT2D eigenvalue weighted by atomic mass is 10.2. The first-order chi connectivity index (χ1) is 14.1. The molecule has 1 aromatic heterocycles. The lowest BCUT2D eigenvalue weighted by Crippen LogP contribution is -2.14. The zero-order valence-electron chi connectivity index (χ0n) is 15.7. The number of hydrogen-bond donors (Lipinski definition) is 2. The van der Waals surface area contributed by atoms with Gasteiger partial charge in [0.15, 0.2) is 4.80 Å². The molecule has 3 rings (SSSR count). The molecule has 0 aliphatic carbocycles. The average Bonchev–Trinajstić information content (AvgIpc) is 3.11. The van der Waals surface area contributed by atoms with Gasteiger partial charge in [-0.15, -0.1) is 17.9 Å². The molecule has 1 amide bonds. The normalized spacial score (nSPS) is 11.2. The van der Waals surface area contributed by atoms with E-state index in [1.807, 2.05) is 36.4 Å². The van der Waals surface area contributed by atoms with E-state index in [2.05, 4.69) is 34.0 Å². The minimum Gasteiger partial charge on any atom is -0.481 e. The van der Waals surface area contributed by atoms with E-state index in [9.17, 15) is 9.59 Å². The summed E-state index contributed by atoms with van der Waals surface area (Å²) in [5, 5.41) is 13.4. The van der Waals surface area contributed by atoms with Crippen molar-refractivity contribution in [2.45, 2.75) is 19.4 Å². The van der Waals surface area contributed by atoms with Gasteiger partial charge in [-0.1, -0.05) is 36.4 Å². The molecule has 0 fully saturated rings. The van der Waals surface area contributed by atoms with Crippen molar-refractivity contribution < 1.29 is 14.7 Å². The molecule has 1 heterocycles. The third-order valence-electron chi connectivity index (χ3n) is 4.12. The molecule has 0 saturated heterocycles. The van der Waals surface area contributed by atoms with Gasteiger partial charge in [-0.25, -0.2) is 4.99 Å². The molecule has 0 unspecified atom stereocenters. The first-order valence-electron chi connectivity index (χ1n) is 9.08. The van der Waals surface area contributed by atoms with Gasteiger partial charge < -0.3 is 15.0 Å². The number of benzene rings is 2. The van der Waals surface area contributed by atoms with Crippen molar-refractivity contribution in [3.8, 4) is 11.3 Å². The number of thiazole rings is 1. The molecule has 0 spiro atoms. The van der Waals surface area contributed by atoms with E-state index in [0.29, 0.717) is 12.2 Å². The van der Waals surface area contributed by atoms with Gasteiger partial charge in [-0.3, -0.25) is 9.59 Å². The number of amides is 1. The summed E-state index contributed by atoms with van der Waals surface area (Å²) in [4.78, 5) is 27.9. The van der Waals surface area contributed by atoms with Crippen LogP contribution in [0.2, 0.25) is 0 Å². The summed E-state index contributed by atoms with van der Waals surface area (Å²) in [5.74, 6) is -1.32. The number of anilines is 1. The molecule has 0 radical (unpaired) electrons. The molecule has 0 aliphatic rings. The Labute approximate surface area is 172 Å². The fourth-order valence-electron chi connectivity index (χ4n) is 2.74. The maximum Gasteiger partial charge on any atom is 0.303 e. The van der Waals surface area contributed by atoms with E-state index < -0.39 is 5.97 Å². The Balaban J connectivity index is 1.81. The van der Waals surface area contributed by atoms with Crippen LogP contribution < -0.4 is 10.1 Å². The molecule has 148 valence electrons. The van der Waals surface area contributed by atoms with Gasteiger partial charge in [0, 0.05) is 24.0 Å². The van der Waals surface area contributed by atoms with Crippen LogP contribution in [0, 0.1) is 0 Å². The Kier molecular flexibility index (Phi) is 6.76. The first kappa shape index (κ1) is 20.3. The highest BCUT2D eigenvalue weighted by Crippen LogP contribution is 2.21. The summed E-state index contributed by atoms with van der Waals surface area (Å²) in [6, 6.07) is 17.3. The maximum absolute atomic E-state index is 11.7. The first-order valence-corrected chi connectivity index (χ1v) is 9.96. The molecular weight excluding hydrogens is 386 g/mol. The Morgan fingerprint density at radius 3 is 2.48 bits per heavy atom. The van der Waals surface area contributed by atoms with E-state index in [4.69, 9.17) is 10.1 Å². The van der Waals surface area contributed by atoms with Crippen molar-refractivity contribution in [3.63, 3.8) is 0 Å². The average molecular weight is 407 g/mol. The highest BCUT2D eigenvalue weighted by molar-refractivity contribution is 7.07. The van der Waals surface area contributed by atoms with Crippen molar-refractivity contribution in [2.24, 2.45) is 4.99 Å². The summed E-state index contributed by atoms with van der Waals surface area (Å²) in [6.07, 6.45) is 1.60. The Bertz CT molecular complexity index is 1070. The smallest absolute Gasteiger partial charge is 0.303 e. The standard InChI is InChI=1S/C22H21N3O3S/c1-2-14-25-19(16-6-4-3-5-7-16)15-29-22(25)24-18-10-8-17(9-11-18)23-20(26)12-13-21(27)28/h2-11,15H,1,12-14H2,(H,23,26)(H,27,28). The van der Waals surface area contributed by atoms with E-state index in [1.54, 1.807) is 23.5 Å². The number of aliphatic carboxylic acids is 1. The number of aromatic nitrogens is 1. The van der Waals surface area contributed by atoms with Gasteiger partial charge in [-0.2, -0.15) is 0 Å². The van der Waals surface area contributed by atoms with E-state index in [-0.39, 0.29) is 18.7 Å². The van der Waals surface area contributed by atoms with Crippen molar-refractivity contribution >= 4 is 34.6 Å². The lowest BCUT2D eigenvalue weighted by Gasteiger charge is -2.07. The summed E-state index contributed by atoms with van der Waals surface area (Å²) in [5.41, 5.74) is 3.56. The molecule has 29 heavy (non-hydrogen) atoms. The van der Waals surface area contributed by atoms with Crippen LogP contribution in [-0.4, -0.2) is 21.6 Å². The number of carboxylic acid groups (broad SMARTS) is 1. The van der Waals surface area contributed by atoms with Crippen molar-refractivity contribution in [1.29, 1.82) is 0 Å². The quantitative estimate of drug-likeness (QED) is 0.542. The Morgan fingerprint density at radius 2 is 1.83 bits per heavy atom. The van der Waals surface area contributed by atoms with Gasteiger partial charge in [0.05, 0.1) is 17.8 Å². The SMILES string of the molecule is C=CCn1c(-c2ccccc2)csc1=Nc1ccc(NC(=O)CCC(=O)O)cc1. The van der Waals surface area contributed by atoms with E-state index in [0.717, 1.165) is 21.7 Å². The molecule has 7 heteroatoms. The number of carbonyl (C=O) groups excluding carboxylic acids is 1. The third kappa shape index (κ3) is 5.52. The molecule has 2 aromatic carbocycles. The molecule has 3 aromatic rings. The molecule has 0 bridgehead atoms. The zero-order valence-corrected chi connectivity index (χ0v) is 16.6. The van der Waals surface area contributed by atoms with Crippen LogP contribution in [0.1, 0.15) is 12.8 Å². The topological polar surface area (TPSA) is 83.7 Å². The summed E-state index contributed by atoms with van der Waals surface area (Å²) in [7, 11) is 0. The van der Waals surface area contributed by atoms with Crippen molar-refractivity contribution in [3.05, 3.63) is 77.4 Å². The molecule has 0 saturated carbocycles. The van der Waals surface area contributed by atoms with Gasteiger partial charge in [0.25, 0.3) is 0 Å². The van der Waals surface area contributed by atoms with Crippen LogP contribution in [0.4, 0.5) is 11.4 Å². The fourth-order valence-corrected chi connectivity index (χ4v) is 3.68. The largest absolute Gasteiger partial charge is 0.481 e. The van der Waals surface area contributed by atoms with Gasteiger partial charge in [0.1, 0.15) is 0 Å². The van der Waals surface area contributed by atoms with Crippen LogP contribution >= 0.6 is 11.3 Å². The second-order valence-corrected chi connectivity index (χ2v) is 7.11. The number of carboxylic acids is 1. The van der Waals surface area contributed by atoms with Gasteiger partial charge >= 0.3 is 5.97 Å². The molecule has 2 N–H and O–H groups in total. The molecule has 0 aliphatic heterocycles.